The fourth-order valence-corrected chi connectivity index (χ4v) is 0.145. The van der Waals surface area contributed by atoms with E-state index in [1.54, 1.807) is 0 Å². The lowest BCUT2D eigenvalue weighted by molar-refractivity contribution is -0.105. The van der Waals surface area contributed by atoms with Crippen LogP contribution in [0.25, 0.3) is 0 Å². The Kier molecular flexibility index (Phi) is 3.40. The molecule has 0 N–H and O–H groups in total. The quantitative estimate of drug-likeness (QED) is 0.317. The molecule has 0 aliphatic rings. The van der Waals surface area contributed by atoms with E-state index >= 15 is 0 Å². The molecule has 0 aliphatic carbocycles. The average Bonchev–Trinajstić information content (AvgIpc) is 1.61. The minimum Gasteiger partial charge on any atom is -0.399 e. The first-order chi connectivity index (χ1) is 3.27. The molecule has 0 heterocycles. The summed E-state index contributed by atoms with van der Waals surface area (Å²) in [5, 5.41) is 2.71. The van der Waals surface area contributed by atoms with Gasteiger partial charge in [0.05, 0.1) is 0 Å². The van der Waals surface area contributed by atoms with Crippen molar-refractivity contribution in [2.24, 2.45) is 5.16 Å². The largest absolute Gasteiger partial charge is 0.399 e. The maximum absolute atomic E-state index is 9.84. The van der Waals surface area contributed by atoms with Crippen LogP contribution in [0.15, 0.2) is 5.16 Å². The summed E-state index contributed by atoms with van der Waals surface area (Å²) < 4.78 is 0. The van der Waals surface area contributed by atoms with E-state index in [-0.39, 0.29) is 0 Å². The van der Waals surface area contributed by atoms with Crippen LogP contribution in [0, 0.1) is 0 Å². The maximum Gasteiger partial charge on any atom is 0.230 e. The second-order valence-electron chi connectivity index (χ2n) is 0.755. The lowest BCUT2D eigenvalue weighted by Gasteiger charge is -1.78. The molecule has 3 nitrogen and oxygen atoms in total. The first kappa shape index (κ1) is 6.49. The second kappa shape index (κ2) is 3.67. The number of carbonyl (C=O) groups is 1. The average molecular weight is 119 g/mol. The molecule has 0 aromatic rings. The van der Waals surface area contributed by atoms with E-state index < -0.39 is 5.12 Å². The number of hydrogen-bond acceptors (Lipinski definition) is 3. The molecule has 0 saturated carbocycles. The van der Waals surface area contributed by atoms with Gasteiger partial charge in [-0.1, -0.05) is 17.8 Å². The molecular weight excluding hydrogens is 114 g/mol. The third-order valence-electron chi connectivity index (χ3n) is 0.269. The summed E-state index contributed by atoms with van der Waals surface area (Å²) in [6.45, 7) is 0. The van der Waals surface area contributed by atoms with E-state index in [9.17, 15) is 4.79 Å². The Bertz CT molecular complexity index is 90.9. The molecule has 0 radical (unpaired) electrons. The summed E-state index contributed by atoms with van der Waals surface area (Å²) in [5.41, 5.74) is 0. The Morgan fingerprint density at radius 2 is 2.57 bits per heavy atom. The van der Waals surface area contributed by atoms with Crippen molar-refractivity contribution in [2.45, 2.75) is 0 Å². The normalized spacial score (nSPS) is 9.43. The van der Waals surface area contributed by atoms with Gasteiger partial charge in [-0.3, -0.25) is 4.79 Å². The SMILES string of the molecule is CO/N=C/C(=O)S. The first-order valence-electron chi connectivity index (χ1n) is 1.57. The number of carbonyl (C=O) groups excluding carboxylic acids is 1. The molecule has 4 heteroatoms. The minimum absolute atomic E-state index is 0.415. The van der Waals surface area contributed by atoms with Gasteiger partial charge in [0, 0.05) is 0 Å². The summed E-state index contributed by atoms with van der Waals surface area (Å²) in [7, 11) is 1.35. The first-order valence-corrected chi connectivity index (χ1v) is 2.01. The van der Waals surface area contributed by atoms with Gasteiger partial charge < -0.3 is 4.84 Å². The van der Waals surface area contributed by atoms with Crippen LogP contribution < -0.4 is 0 Å². The van der Waals surface area contributed by atoms with E-state index in [0.717, 1.165) is 6.21 Å². The molecule has 0 unspecified atom stereocenters. The van der Waals surface area contributed by atoms with Crippen molar-refractivity contribution < 1.29 is 9.63 Å². The van der Waals surface area contributed by atoms with E-state index in [0.29, 0.717) is 0 Å². The fourth-order valence-electron chi connectivity index (χ4n) is 0.0978. The maximum atomic E-state index is 9.84. The predicted octanol–water partition coefficient (Wildman–Crippen LogP) is 0.0750. The number of oxime groups is 1. The van der Waals surface area contributed by atoms with Crippen molar-refractivity contribution in [3.8, 4) is 0 Å². The number of rotatable bonds is 2. The molecule has 40 valence electrons. The number of hydrogen-bond donors (Lipinski definition) is 1. The lowest BCUT2D eigenvalue weighted by atomic mass is 10.9. The Morgan fingerprint density at radius 1 is 2.00 bits per heavy atom. The molecule has 0 saturated heterocycles. The highest BCUT2D eigenvalue weighted by Gasteiger charge is 1.79. The second-order valence-corrected chi connectivity index (χ2v) is 1.20. The van der Waals surface area contributed by atoms with E-state index in [2.05, 4.69) is 22.6 Å². The van der Waals surface area contributed by atoms with Gasteiger partial charge in [-0.15, -0.1) is 0 Å². The molecule has 0 aromatic carbocycles. The summed E-state index contributed by atoms with van der Waals surface area (Å²) in [6, 6.07) is 0. The summed E-state index contributed by atoms with van der Waals surface area (Å²) in [4.78, 5) is 14.0. The van der Waals surface area contributed by atoms with Gasteiger partial charge in [-0.2, -0.15) is 0 Å². The summed E-state index contributed by atoms with van der Waals surface area (Å²) in [5.74, 6) is 0. The van der Waals surface area contributed by atoms with Crippen molar-refractivity contribution in [1.29, 1.82) is 0 Å². The van der Waals surface area contributed by atoms with E-state index in [1.807, 2.05) is 0 Å². The molecule has 0 aliphatic heterocycles. The molecular formula is C3H5NO2S. The third-order valence-corrected chi connectivity index (χ3v) is 0.384. The van der Waals surface area contributed by atoms with Crippen LogP contribution in [-0.2, 0) is 9.63 Å². The van der Waals surface area contributed by atoms with Crippen LogP contribution in [0.5, 0.6) is 0 Å². The van der Waals surface area contributed by atoms with Crippen LogP contribution in [-0.4, -0.2) is 18.4 Å². The molecule has 0 spiro atoms. The van der Waals surface area contributed by atoms with Crippen LogP contribution in [0.2, 0.25) is 0 Å². The van der Waals surface area contributed by atoms with Crippen LogP contribution in [0.3, 0.4) is 0 Å². The zero-order chi connectivity index (χ0) is 5.70. The van der Waals surface area contributed by atoms with E-state index in [4.69, 9.17) is 0 Å². The number of thiol groups is 1. The smallest absolute Gasteiger partial charge is 0.230 e. The molecule has 0 amide bonds. The third kappa shape index (κ3) is 5.49. The highest BCUT2D eigenvalue weighted by Crippen LogP contribution is 1.71. The van der Waals surface area contributed by atoms with E-state index in [1.165, 1.54) is 7.11 Å². The molecule has 0 atom stereocenters. The molecule has 0 aromatic heterocycles. The standard InChI is InChI=1S/C3H5NO2S/c1-6-4-2-3(5)7/h2H,1H3,(H,5,7)/b4-2+. The van der Waals surface area contributed by atoms with Crippen molar-refractivity contribution >= 4 is 24.0 Å². The molecule has 0 bridgehead atoms. The van der Waals surface area contributed by atoms with Crippen LogP contribution in [0.1, 0.15) is 0 Å². The van der Waals surface area contributed by atoms with Crippen molar-refractivity contribution in [1.82, 2.24) is 0 Å². The van der Waals surface area contributed by atoms with Crippen molar-refractivity contribution in [2.75, 3.05) is 7.11 Å². The fraction of sp³-hybridized carbons (Fsp3) is 0.333. The monoisotopic (exact) mass is 119 g/mol. The Balaban J connectivity index is 3.26. The minimum atomic E-state index is -0.415. The molecule has 0 rings (SSSR count). The topological polar surface area (TPSA) is 38.7 Å². The van der Waals surface area contributed by atoms with Crippen LogP contribution >= 0.6 is 12.6 Å². The Morgan fingerprint density at radius 3 is 2.71 bits per heavy atom. The van der Waals surface area contributed by atoms with Gasteiger partial charge in [-0.25, -0.2) is 0 Å². The van der Waals surface area contributed by atoms with Gasteiger partial charge in [-0.05, 0) is 0 Å². The van der Waals surface area contributed by atoms with Gasteiger partial charge in [0.2, 0.25) is 5.12 Å². The molecule has 0 fully saturated rings. The predicted molar refractivity (Wildman–Crippen MR) is 29.5 cm³/mol. The zero-order valence-electron chi connectivity index (χ0n) is 3.79. The van der Waals surface area contributed by atoms with Gasteiger partial charge in [0.1, 0.15) is 13.3 Å². The van der Waals surface area contributed by atoms with Crippen molar-refractivity contribution in [3.63, 3.8) is 0 Å². The zero-order valence-corrected chi connectivity index (χ0v) is 4.68. The Hall–Kier alpha value is -0.510. The lowest BCUT2D eigenvalue weighted by Crippen LogP contribution is -1.85. The summed E-state index contributed by atoms with van der Waals surface area (Å²) >= 11 is 3.36. The van der Waals surface area contributed by atoms with Crippen molar-refractivity contribution in [3.05, 3.63) is 0 Å². The van der Waals surface area contributed by atoms with Gasteiger partial charge in [0.15, 0.2) is 0 Å². The highest BCUT2D eigenvalue weighted by atomic mass is 32.1. The van der Waals surface area contributed by atoms with Crippen LogP contribution in [0.4, 0.5) is 0 Å². The van der Waals surface area contributed by atoms with Gasteiger partial charge >= 0.3 is 0 Å². The molecule has 7 heavy (non-hydrogen) atoms. The highest BCUT2D eigenvalue weighted by molar-refractivity contribution is 7.98. The Labute approximate surface area is 46.7 Å². The summed E-state index contributed by atoms with van der Waals surface area (Å²) in [6.07, 6.45) is 0.975. The number of nitrogens with zero attached hydrogens (tertiary/aromatic N) is 1. The van der Waals surface area contributed by atoms with Gasteiger partial charge in [0.25, 0.3) is 0 Å².